The van der Waals surface area contributed by atoms with Crippen molar-refractivity contribution >= 4 is 11.9 Å². The van der Waals surface area contributed by atoms with Crippen LogP contribution in [-0.2, 0) is 11.2 Å². The van der Waals surface area contributed by atoms with Crippen LogP contribution in [0.25, 0.3) is 0 Å². The van der Waals surface area contributed by atoms with Crippen molar-refractivity contribution in [2.45, 2.75) is 64.3 Å². The number of hydrogen-bond acceptors (Lipinski definition) is 6. The zero-order chi connectivity index (χ0) is 18.6. The molecule has 4 rings (SSSR count). The molecular weight excluding hydrogens is 342 g/mol. The van der Waals surface area contributed by atoms with E-state index in [1.807, 2.05) is 0 Å². The van der Waals surface area contributed by atoms with E-state index in [9.17, 15) is 4.79 Å². The van der Waals surface area contributed by atoms with Gasteiger partial charge in [-0.25, -0.2) is 0 Å². The smallest absolute Gasteiger partial charge is 0.266 e. The van der Waals surface area contributed by atoms with Crippen LogP contribution in [-0.4, -0.2) is 71.2 Å². The Morgan fingerprint density at radius 2 is 1.85 bits per heavy atom. The largest absolute Gasteiger partial charge is 0.342 e. The molecule has 0 bridgehead atoms. The average molecular weight is 376 g/mol. The van der Waals surface area contributed by atoms with Crippen molar-refractivity contribution in [3.63, 3.8) is 0 Å². The van der Waals surface area contributed by atoms with E-state index in [-0.39, 0.29) is 5.92 Å². The first-order chi connectivity index (χ1) is 13.2. The lowest BCUT2D eigenvalue weighted by atomic mass is 9.93. The van der Waals surface area contributed by atoms with Crippen molar-refractivity contribution in [1.82, 2.24) is 19.9 Å². The SMILES string of the molecule is CCCc1nc(N2CCC(N3CCC[C@@H](C(=O)N4CCCC4)C3)CC2)no1. The van der Waals surface area contributed by atoms with Gasteiger partial charge in [0.2, 0.25) is 11.8 Å². The van der Waals surface area contributed by atoms with Crippen LogP contribution in [0, 0.1) is 5.92 Å². The second-order valence-electron chi connectivity index (χ2n) is 8.32. The number of anilines is 1. The van der Waals surface area contributed by atoms with Crippen LogP contribution >= 0.6 is 0 Å². The highest BCUT2D eigenvalue weighted by molar-refractivity contribution is 5.79. The van der Waals surface area contributed by atoms with Gasteiger partial charge in [0.25, 0.3) is 5.95 Å². The van der Waals surface area contributed by atoms with Crippen LogP contribution in [0.4, 0.5) is 5.95 Å². The second-order valence-corrected chi connectivity index (χ2v) is 8.32. The monoisotopic (exact) mass is 375 g/mol. The fourth-order valence-corrected chi connectivity index (χ4v) is 4.86. The van der Waals surface area contributed by atoms with Crippen molar-refractivity contribution in [1.29, 1.82) is 0 Å². The van der Waals surface area contributed by atoms with Gasteiger partial charge < -0.3 is 14.3 Å². The summed E-state index contributed by atoms with van der Waals surface area (Å²) in [5.41, 5.74) is 0. The number of carbonyl (C=O) groups is 1. The van der Waals surface area contributed by atoms with Gasteiger partial charge in [-0.15, -0.1) is 0 Å². The van der Waals surface area contributed by atoms with E-state index in [1.54, 1.807) is 0 Å². The molecule has 3 saturated heterocycles. The summed E-state index contributed by atoms with van der Waals surface area (Å²) in [7, 11) is 0. The molecule has 3 aliphatic rings. The number of piperidine rings is 2. The number of carbonyl (C=O) groups excluding carboxylic acids is 1. The molecule has 0 unspecified atom stereocenters. The summed E-state index contributed by atoms with van der Waals surface area (Å²) in [5.74, 6) is 2.11. The first kappa shape index (κ1) is 18.7. The normalized spacial score (nSPS) is 25.3. The lowest BCUT2D eigenvalue weighted by Gasteiger charge is -2.42. The number of aryl methyl sites for hydroxylation is 1. The second kappa shape index (κ2) is 8.59. The fourth-order valence-electron chi connectivity index (χ4n) is 4.86. The van der Waals surface area contributed by atoms with Gasteiger partial charge in [0.15, 0.2) is 0 Å². The molecule has 7 nitrogen and oxygen atoms in total. The minimum atomic E-state index is 0.212. The maximum atomic E-state index is 12.8. The Bertz CT molecular complexity index is 620. The van der Waals surface area contributed by atoms with E-state index >= 15 is 0 Å². The van der Waals surface area contributed by atoms with Gasteiger partial charge in [-0.2, -0.15) is 4.98 Å². The van der Waals surface area contributed by atoms with Gasteiger partial charge in [-0.3, -0.25) is 9.69 Å². The first-order valence-electron chi connectivity index (χ1n) is 10.8. The molecule has 1 aromatic rings. The van der Waals surface area contributed by atoms with Gasteiger partial charge >= 0.3 is 0 Å². The van der Waals surface area contributed by atoms with Gasteiger partial charge in [0.05, 0.1) is 5.92 Å². The molecule has 3 fully saturated rings. The van der Waals surface area contributed by atoms with Gasteiger partial charge in [-0.1, -0.05) is 6.92 Å². The molecule has 4 heterocycles. The zero-order valence-electron chi connectivity index (χ0n) is 16.6. The molecular formula is C20H33N5O2. The quantitative estimate of drug-likeness (QED) is 0.787. The van der Waals surface area contributed by atoms with E-state index in [4.69, 9.17) is 4.52 Å². The maximum absolute atomic E-state index is 12.8. The molecule has 0 spiro atoms. The van der Waals surface area contributed by atoms with Crippen molar-refractivity contribution < 1.29 is 9.32 Å². The van der Waals surface area contributed by atoms with Crippen LogP contribution in [0.3, 0.4) is 0 Å². The summed E-state index contributed by atoms with van der Waals surface area (Å²) >= 11 is 0. The van der Waals surface area contributed by atoms with Crippen LogP contribution < -0.4 is 4.90 Å². The zero-order valence-corrected chi connectivity index (χ0v) is 16.6. The molecule has 0 N–H and O–H groups in total. The van der Waals surface area contributed by atoms with Crippen LogP contribution in [0.2, 0.25) is 0 Å². The lowest BCUT2D eigenvalue weighted by Crippen LogP contribution is -2.51. The van der Waals surface area contributed by atoms with Crippen LogP contribution in [0.1, 0.15) is 57.8 Å². The van der Waals surface area contributed by atoms with Crippen molar-refractivity contribution in [2.24, 2.45) is 5.92 Å². The summed E-state index contributed by atoms with van der Waals surface area (Å²) in [6.45, 7) is 8.08. The molecule has 3 aliphatic heterocycles. The molecule has 0 radical (unpaired) electrons. The summed E-state index contributed by atoms with van der Waals surface area (Å²) in [6, 6.07) is 0.581. The first-order valence-corrected chi connectivity index (χ1v) is 10.8. The Balaban J connectivity index is 1.29. The fraction of sp³-hybridized carbons (Fsp3) is 0.850. The number of aromatic nitrogens is 2. The third-order valence-electron chi connectivity index (χ3n) is 6.40. The highest BCUT2D eigenvalue weighted by Crippen LogP contribution is 2.27. The van der Waals surface area contributed by atoms with Gasteiger partial charge in [0, 0.05) is 45.2 Å². The summed E-state index contributed by atoms with van der Waals surface area (Å²) in [5, 5.41) is 4.15. The minimum Gasteiger partial charge on any atom is -0.342 e. The topological polar surface area (TPSA) is 65.7 Å². The van der Waals surface area contributed by atoms with E-state index in [2.05, 4.69) is 31.8 Å². The van der Waals surface area contributed by atoms with E-state index in [1.165, 1.54) is 12.8 Å². The summed E-state index contributed by atoms with van der Waals surface area (Å²) < 4.78 is 5.34. The number of nitrogens with zero attached hydrogens (tertiary/aromatic N) is 5. The maximum Gasteiger partial charge on any atom is 0.266 e. The summed E-state index contributed by atoms with van der Waals surface area (Å²) in [6.07, 6.45) is 8.67. The van der Waals surface area contributed by atoms with Gasteiger partial charge in [0.1, 0.15) is 0 Å². The molecule has 1 atom stereocenters. The molecule has 7 heteroatoms. The van der Waals surface area contributed by atoms with Crippen molar-refractivity contribution in [3.8, 4) is 0 Å². The molecule has 150 valence electrons. The Kier molecular flexibility index (Phi) is 5.95. The third-order valence-corrected chi connectivity index (χ3v) is 6.40. The van der Waals surface area contributed by atoms with E-state index < -0.39 is 0 Å². The number of rotatable bonds is 5. The third kappa shape index (κ3) is 4.28. The Labute approximate surface area is 162 Å². The van der Waals surface area contributed by atoms with E-state index in [0.29, 0.717) is 11.9 Å². The molecule has 1 aromatic heterocycles. The molecule has 27 heavy (non-hydrogen) atoms. The standard InChI is InChI=1S/C20H33N5O2/c1-2-6-18-21-20(22-27-18)24-13-8-17(9-14-24)25-12-5-7-16(15-25)19(26)23-10-3-4-11-23/h16-17H,2-15H2,1H3/t16-/m1/s1. The number of likely N-dealkylation sites (tertiary alicyclic amines) is 2. The number of amides is 1. The van der Waals surface area contributed by atoms with Crippen molar-refractivity contribution in [3.05, 3.63) is 5.89 Å². The predicted octanol–water partition coefficient (Wildman–Crippen LogP) is 2.33. The highest BCUT2D eigenvalue weighted by atomic mass is 16.5. The Morgan fingerprint density at radius 1 is 1.07 bits per heavy atom. The van der Waals surface area contributed by atoms with E-state index in [0.717, 1.165) is 89.6 Å². The number of hydrogen-bond donors (Lipinski definition) is 0. The van der Waals surface area contributed by atoms with Crippen molar-refractivity contribution in [2.75, 3.05) is 44.2 Å². The predicted molar refractivity (Wildman–Crippen MR) is 104 cm³/mol. The average Bonchev–Trinajstić information content (AvgIpc) is 3.40. The Hall–Kier alpha value is -1.63. The lowest BCUT2D eigenvalue weighted by molar-refractivity contribution is -0.136. The van der Waals surface area contributed by atoms with Crippen LogP contribution in [0.5, 0.6) is 0 Å². The molecule has 0 aromatic carbocycles. The molecule has 0 saturated carbocycles. The minimum absolute atomic E-state index is 0.212. The molecule has 0 aliphatic carbocycles. The molecule has 1 amide bonds. The Morgan fingerprint density at radius 3 is 2.59 bits per heavy atom. The summed E-state index contributed by atoms with van der Waals surface area (Å²) in [4.78, 5) is 24.2. The van der Waals surface area contributed by atoms with Gasteiger partial charge in [-0.05, 0) is 56.6 Å². The van der Waals surface area contributed by atoms with Crippen LogP contribution in [0.15, 0.2) is 4.52 Å². The highest BCUT2D eigenvalue weighted by Gasteiger charge is 2.34.